The summed E-state index contributed by atoms with van der Waals surface area (Å²) in [5.74, 6) is 0. The van der Waals surface area contributed by atoms with E-state index in [0.29, 0.717) is 30.1 Å². The fraction of sp³-hybridized carbons (Fsp3) is 0.176. The van der Waals surface area contributed by atoms with Crippen molar-refractivity contribution in [3.8, 4) is 12.1 Å². The molecule has 0 heterocycles. The highest BCUT2D eigenvalue weighted by atomic mass is 35.5. The van der Waals surface area contributed by atoms with Crippen LogP contribution in [0.3, 0.4) is 0 Å². The van der Waals surface area contributed by atoms with Crippen LogP contribution in [-0.4, -0.2) is 6.54 Å². The van der Waals surface area contributed by atoms with Crippen LogP contribution in [-0.2, 0) is 6.54 Å². The Labute approximate surface area is 129 Å². The van der Waals surface area contributed by atoms with Crippen LogP contribution in [0.2, 0.25) is 5.02 Å². The van der Waals surface area contributed by atoms with Crippen molar-refractivity contribution in [1.29, 1.82) is 10.5 Å². The fourth-order valence-corrected chi connectivity index (χ4v) is 2.31. The summed E-state index contributed by atoms with van der Waals surface area (Å²) < 4.78 is 0. The SMILES string of the molecule is N#CCCN(Cc1ccc(C#N)cc1Cl)c1ccccc1. The Hall–Kier alpha value is -2.49. The molecule has 4 heteroatoms. The van der Waals surface area contributed by atoms with Gasteiger partial charge < -0.3 is 4.90 Å². The van der Waals surface area contributed by atoms with E-state index in [0.717, 1.165) is 11.3 Å². The first-order valence-corrected chi connectivity index (χ1v) is 6.98. The number of benzene rings is 2. The average Bonchev–Trinajstić information content (AvgIpc) is 2.53. The second kappa shape index (κ2) is 7.33. The molecule has 2 aromatic rings. The number of anilines is 1. The zero-order valence-electron chi connectivity index (χ0n) is 11.5. The summed E-state index contributed by atoms with van der Waals surface area (Å²) >= 11 is 6.23. The van der Waals surface area contributed by atoms with Gasteiger partial charge in [-0.1, -0.05) is 35.9 Å². The minimum Gasteiger partial charge on any atom is -0.366 e. The lowest BCUT2D eigenvalue weighted by molar-refractivity contribution is 0.798. The highest BCUT2D eigenvalue weighted by Crippen LogP contribution is 2.23. The lowest BCUT2D eigenvalue weighted by atomic mass is 10.1. The normalized spacial score (nSPS) is 9.67. The van der Waals surface area contributed by atoms with Gasteiger partial charge in [0.1, 0.15) is 0 Å². The molecule has 0 aliphatic heterocycles. The Bertz CT molecular complexity index is 683. The summed E-state index contributed by atoms with van der Waals surface area (Å²) in [7, 11) is 0. The predicted octanol–water partition coefficient (Wildman–Crippen LogP) is 4.13. The van der Waals surface area contributed by atoms with E-state index in [1.54, 1.807) is 12.1 Å². The van der Waals surface area contributed by atoms with E-state index in [2.05, 4.69) is 17.0 Å². The van der Waals surface area contributed by atoms with Crippen LogP contribution in [0.4, 0.5) is 5.69 Å². The Morgan fingerprint density at radius 2 is 1.81 bits per heavy atom. The molecule has 0 aliphatic rings. The summed E-state index contributed by atoms with van der Waals surface area (Å²) in [6.45, 7) is 1.24. The Balaban J connectivity index is 2.23. The van der Waals surface area contributed by atoms with Gasteiger partial charge in [0.25, 0.3) is 0 Å². The monoisotopic (exact) mass is 295 g/mol. The van der Waals surface area contributed by atoms with E-state index in [9.17, 15) is 0 Å². The van der Waals surface area contributed by atoms with Gasteiger partial charge in [-0.15, -0.1) is 0 Å². The summed E-state index contributed by atoms with van der Waals surface area (Å²) in [5, 5.41) is 18.3. The molecule has 0 aliphatic carbocycles. The van der Waals surface area contributed by atoms with Crippen molar-refractivity contribution in [2.45, 2.75) is 13.0 Å². The minimum atomic E-state index is 0.447. The maximum Gasteiger partial charge on any atom is 0.0992 e. The number of hydrogen-bond acceptors (Lipinski definition) is 3. The van der Waals surface area contributed by atoms with E-state index < -0.39 is 0 Å². The molecule has 0 atom stereocenters. The highest BCUT2D eigenvalue weighted by Gasteiger charge is 2.10. The molecule has 0 radical (unpaired) electrons. The van der Waals surface area contributed by atoms with Crippen LogP contribution >= 0.6 is 11.6 Å². The van der Waals surface area contributed by atoms with Gasteiger partial charge in [-0.2, -0.15) is 10.5 Å². The third kappa shape index (κ3) is 3.99. The molecule has 0 bridgehead atoms. The molecule has 2 aromatic carbocycles. The number of nitriles is 2. The van der Waals surface area contributed by atoms with Crippen LogP contribution in [0, 0.1) is 22.7 Å². The quantitative estimate of drug-likeness (QED) is 0.833. The third-order valence-corrected chi connectivity index (χ3v) is 3.51. The van der Waals surface area contributed by atoms with Crippen LogP contribution < -0.4 is 4.90 Å². The standard InChI is InChI=1S/C17H14ClN3/c18-17-11-14(12-20)7-8-15(17)13-21(10-4-9-19)16-5-2-1-3-6-16/h1-3,5-8,11H,4,10,13H2. The van der Waals surface area contributed by atoms with Crippen molar-refractivity contribution in [3.05, 3.63) is 64.7 Å². The molecule has 0 N–H and O–H groups in total. The first-order valence-electron chi connectivity index (χ1n) is 6.60. The largest absolute Gasteiger partial charge is 0.366 e. The van der Waals surface area contributed by atoms with Crippen molar-refractivity contribution >= 4 is 17.3 Å². The van der Waals surface area contributed by atoms with Gasteiger partial charge in [0, 0.05) is 23.8 Å². The maximum atomic E-state index is 8.87. The molecule has 0 spiro atoms. The second-order valence-corrected chi connectivity index (χ2v) is 4.99. The molecular formula is C17H14ClN3. The molecule has 0 saturated heterocycles. The van der Waals surface area contributed by atoms with E-state index >= 15 is 0 Å². The van der Waals surface area contributed by atoms with E-state index in [4.69, 9.17) is 22.1 Å². The maximum absolute atomic E-state index is 8.87. The van der Waals surface area contributed by atoms with Gasteiger partial charge in [0.15, 0.2) is 0 Å². The first-order chi connectivity index (χ1) is 10.2. The Morgan fingerprint density at radius 3 is 2.43 bits per heavy atom. The van der Waals surface area contributed by atoms with Gasteiger partial charge in [0.2, 0.25) is 0 Å². The van der Waals surface area contributed by atoms with Crippen LogP contribution in [0.25, 0.3) is 0 Å². The second-order valence-electron chi connectivity index (χ2n) is 4.58. The molecule has 0 fully saturated rings. The Morgan fingerprint density at radius 1 is 1.05 bits per heavy atom. The molecule has 104 valence electrons. The van der Waals surface area contributed by atoms with E-state index in [1.165, 1.54) is 0 Å². The number of halogens is 1. The van der Waals surface area contributed by atoms with Gasteiger partial charge >= 0.3 is 0 Å². The number of nitrogens with zero attached hydrogens (tertiary/aromatic N) is 3. The zero-order valence-corrected chi connectivity index (χ0v) is 12.2. The topological polar surface area (TPSA) is 50.8 Å². The Kier molecular flexibility index (Phi) is 5.21. The zero-order chi connectivity index (χ0) is 15.1. The van der Waals surface area contributed by atoms with Gasteiger partial charge in [-0.05, 0) is 29.8 Å². The van der Waals surface area contributed by atoms with Crippen molar-refractivity contribution in [3.63, 3.8) is 0 Å². The van der Waals surface area contributed by atoms with Crippen molar-refractivity contribution in [1.82, 2.24) is 0 Å². The summed E-state index contributed by atoms with van der Waals surface area (Å²) in [4.78, 5) is 2.11. The molecular weight excluding hydrogens is 282 g/mol. The van der Waals surface area contributed by atoms with Crippen molar-refractivity contribution < 1.29 is 0 Å². The van der Waals surface area contributed by atoms with Gasteiger partial charge in [-0.25, -0.2) is 0 Å². The molecule has 0 aromatic heterocycles. The lowest BCUT2D eigenvalue weighted by Crippen LogP contribution is -2.23. The van der Waals surface area contributed by atoms with E-state index in [-0.39, 0.29) is 0 Å². The average molecular weight is 296 g/mol. The van der Waals surface area contributed by atoms with Crippen LogP contribution in [0.1, 0.15) is 17.5 Å². The molecule has 0 unspecified atom stereocenters. The summed E-state index contributed by atoms with van der Waals surface area (Å²) in [5.41, 5.74) is 2.54. The van der Waals surface area contributed by atoms with Crippen LogP contribution in [0.15, 0.2) is 48.5 Å². The number of hydrogen-bond donors (Lipinski definition) is 0. The predicted molar refractivity (Wildman–Crippen MR) is 83.9 cm³/mol. The van der Waals surface area contributed by atoms with Gasteiger partial charge in [-0.3, -0.25) is 0 Å². The smallest absolute Gasteiger partial charge is 0.0992 e. The number of para-hydroxylation sites is 1. The highest BCUT2D eigenvalue weighted by molar-refractivity contribution is 6.31. The van der Waals surface area contributed by atoms with E-state index in [1.807, 2.05) is 36.4 Å². The van der Waals surface area contributed by atoms with Crippen molar-refractivity contribution in [2.75, 3.05) is 11.4 Å². The van der Waals surface area contributed by atoms with Crippen molar-refractivity contribution in [2.24, 2.45) is 0 Å². The number of rotatable bonds is 5. The molecule has 0 saturated carbocycles. The molecule has 21 heavy (non-hydrogen) atoms. The fourth-order valence-electron chi connectivity index (χ4n) is 2.07. The van der Waals surface area contributed by atoms with Crippen LogP contribution in [0.5, 0.6) is 0 Å². The summed E-state index contributed by atoms with van der Waals surface area (Å²) in [6.07, 6.45) is 0.447. The minimum absolute atomic E-state index is 0.447. The lowest BCUT2D eigenvalue weighted by Gasteiger charge is -2.24. The first kappa shape index (κ1) is 14.9. The summed E-state index contributed by atoms with van der Waals surface area (Å²) in [6, 6.07) is 19.4. The molecule has 2 rings (SSSR count). The molecule has 0 amide bonds. The third-order valence-electron chi connectivity index (χ3n) is 3.16. The van der Waals surface area contributed by atoms with Gasteiger partial charge in [0.05, 0.1) is 24.1 Å². The molecule has 3 nitrogen and oxygen atoms in total.